The van der Waals surface area contributed by atoms with E-state index in [1.165, 1.54) is 19.3 Å². The van der Waals surface area contributed by atoms with E-state index < -0.39 is 0 Å². The second-order valence-corrected chi connectivity index (χ2v) is 7.72. The number of hydrogen-bond donors (Lipinski definition) is 1. The monoisotopic (exact) mass is 296 g/mol. The molecule has 2 aliphatic heterocycles. The molecule has 1 amide bonds. The van der Waals surface area contributed by atoms with Gasteiger partial charge in [-0.1, -0.05) is 20.8 Å². The molecule has 0 aliphatic carbocycles. The van der Waals surface area contributed by atoms with Gasteiger partial charge in [-0.15, -0.1) is 0 Å². The Morgan fingerprint density at radius 2 is 1.86 bits per heavy atom. The van der Waals surface area contributed by atoms with Crippen molar-refractivity contribution in [3.05, 3.63) is 0 Å². The highest BCUT2D eigenvalue weighted by atomic mass is 16.5. The number of nitrogens with one attached hydrogen (secondary N) is 1. The Bertz CT molecular complexity index is 332. The van der Waals surface area contributed by atoms with Crippen LogP contribution in [-0.4, -0.2) is 49.7 Å². The van der Waals surface area contributed by atoms with Gasteiger partial charge in [0.2, 0.25) is 5.91 Å². The van der Waals surface area contributed by atoms with Crippen LogP contribution in [0, 0.1) is 11.3 Å². The molecule has 21 heavy (non-hydrogen) atoms. The molecule has 122 valence electrons. The lowest BCUT2D eigenvalue weighted by molar-refractivity contribution is -0.123. The van der Waals surface area contributed by atoms with Gasteiger partial charge < -0.3 is 10.1 Å². The van der Waals surface area contributed by atoms with Crippen LogP contribution >= 0.6 is 0 Å². The highest BCUT2D eigenvalue weighted by molar-refractivity contribution is 5.78. The van der Waals surface area contributed by atoms with Crippen LogP contribution in [0.3, 0.4) is 0 Å². The molecule has 1 N–H and O–H groups in total. The minimum atomic E-state index is 0.191. The standard InChI is InChI=1S/C17H32N2O2/c1-17(2,3)14-5-4-9-19(10-6-14)13-16(20)18-15-7-11-21-12-8-15/h14-15H,4-13H2,1-3H3,(H,18,20)/t14-/m1/s1. The minimum absolute atomic E-state index is 0.191. The van der Waals surface area contributed by atoms with Gasteiger partial charge in [-0.25, -0.2) is 0 Å². The van der Waals surface area contributed by atoms with Crippen molar-refractivity contribution < 1.29 is 9.53 Å². The second-order valence-electron chi connectivity index (χ2n) is 7.72. The van der Waals surface area contributed by atoms with E-state index in [0.717, 1.165) is 45.1 Å². The number of hydrogen-bond acceptors (Lipinski definition) is 3. The molecule has 2 saturated heterocycles. The van der Waals surface area contributed by atoms with Crippen LogP contribution in [0.25, 0.3) is 0 Å². The van der Waals surface area contributed by atoms with E-state index in [9.17, 15) is 4.79 Å². The molecule has 2 aliphatic rings. The molecule has 0 aromatic heterocycles. The zero-order chi connectivity index (χ0) is 15.3. The Morgan fingerprint density at radius 1 is 1.14 bits per heavy atom. The van der Waals surface area contributed by atoms with Gasteiger partial charge in [0.25, 0.3) is 0 Å². The maximum Gasteiger partial charge on any atom is 0.234 e. The van der Waals surface area contributed by atoms with Crippen LogP contribution in [0.4, 0.5) is 0 Å². The summed E-state index contributed by atoms with van der Waals surface area (Å²) >= 11 is 0. The zero-order valence-electron chi connectivity index (χ0n) is 14.0. The lowest BCUT2D eigenvalue weighted by Gasteiger charge is -2.30. The fourth-order valence-corrected chi connectivity index (χ4v) is 3.50. The molecule has 0 aromatic rings. The zero-order valence-corrected chi connectivity index (χ0v) is 14.0. The van der Waals surface area contributed by atoms with Crippen molar-refractivity contribution in [1.82, 2.24) is 10.2 Å². The van der Waals surface area contributed by atoms with Crippen LogP contribution in [0.1, 0.15) is 52.9 Å². The Kier molecular flexibility index (Phi) is 6.06. The van der Waals surface area contributed by atoms with Crippen molar-refractivity contribution in [2.24, 2.45) is 11.3 Å². The van der Waals surface area contributed by atoms with E-state index in [0.29, 0.717) is 18.0 Å². The third-order valence-corrected chi connectivity index (χ3v) is 5.00. The average molecular weight is 296 g/mol. The van der Waals surface area contributed by atoms with Gasteiger partial charge in [0.1, 0.15) is 0 Å². The molecule has 0 spiro atoms. The number of carbonyl (C=O) groups is 1. The summed E-state index contributed by atoms with van der Waals surface area (Å²) in [5, 5.41) is 3.17. The Balaban J connectivity index is 1.73. The van der Waals surface area contributed by atoms with Crippen LogP contribution in [0.2, 0.25) is 0 Å². The maximum atomic E-state index is 12.2. The van der Waals surface area contributed by atoms with Gasteiger partial charge in [-0.05, 0) is 56.5 Å². The fraction of sp³-hybridized carbons (Fsp3) is 0.941. The number of likely N-dealkylation sites (tertiary alicyclic amines) is 1. The first-order valence-electron chi connectivity index (χ1n) is 8.54. The molecule has 0 unspecified atom stereocenters. The number of rotatable bonds is 3. The van der Waals surface area contributed by atoms with E-state index in [2.05, 4.69) is 31.0 Å². The molecule has 2 heterocycles. The highest BCUT2D eigenvalue weighted by Gasteiger charge is 2.27. The normalized spacial score (nSPS) is 26.3. The van der Waals surface area contributed by atoms with E-state index in [4.69, 9.17) is 4.74 Å². The average Bonchev–Trinajstić information content (AvgIpc) is 2.65. The fourth-order valence-electron chi connectivity index (χ4n) is 3.50. The van der Waals surface area contributed by atoms with Crippen LogP contribution < -0.4 is 5.32 Å². The summed E-state index contributed by atoms with van der Waals surface area (Å²) in [6.45, 7) is 11.3. The highest BCUT2D eigenvalue weighted by Crippen LogP contribution is 2.34. The van der Waals surface area contributed by atoms with Crippen molar-refractivity contribution in [2.75, 3.05) is 32.8 Å². The third kappa shape index (κ3) is 5.59. The van der Waals surface area contributed by atoms with Gasteiger partial charge in [-0.2, -0.15) is 0 Å². The van der Waals surface area contributed by atoms with Crippen molar-refractivity contribution in [3.63, 3.8) is 0 Å². The molecule has 0 saturated carbocycles. The molecule has 2 fully saturated rings. The van der Waals surface area contributed by atoms with Crippen LogP contribution in [0.15, 0.2) is 0 Å². The van der Waals surface area contributed by atoms with Crippen molar-refractivity contribution >= 4 is 5.91 Å². The lowest BCUT2D eigenvalue weighted by Crippen LogP contribution is -2.44. The quantitative estimate of drug-likeness (QED) is 0.869. The molecule has 4 nitrogen and oxygen atoms in total. The number of nitrogens with zero attached hydrogens (tertiary/aromatic N) is 1. The largest absolute Gasteiger partial charge is 0.381 e. The van der Waals surface area contributed by atoms with Gasteiger partial charge in [-0.3, -0.25) is 9.69 Å². The SMILES string of the molecule is CC(C)(C)[C@@H]1CCCN(CC(=O)NC2CCOCC2)CC1. The van der Waals surface area contributed by atoms with E-state index >= 15 is 0 Å². The summed E-state index contributed by atoms with van der Waals surface area (Å²) in [6.07, 6.45) is 5.64. The predicted octanol–water partition coefficient (Wildman–Crippen LogP) is 2.43. The third-order valence-electron chi connectivity index (χ3n) is 5.00. The van der Waals surface area contributed by atoms with Crippen LogP contribution in [-0.2, 0) is 9.53 Å². The maximum absolute atomic E-state index is 12.2. The number of ether oxygens (including phenoxy) is 1. The number of amides is 1. The molecule has 0 aromatic carbocycles. The summed E-state index contributed by atoms with van der Waals surface area (Å²) < 4.78 is 5.33. The van der Waals surface area contributed by atoms with Gasteiger partial charge in [0.05, 0.1) is 6.54 Å². The van der Waals surface area contributed by atoms with Gasteiger partial charge in [0.15, 0.2) is 0 Å². The predicted molar refractivity (Wildman–Crippen MR) is 85.2 cm³/mol. The molecular formula is C17H32N2O2. The molecule has 2 rings (SSSR count). The summed E-state index contributed by atoms with van der Waals surface area (Å²) in [4.78, 5) is 14.5. The topological polar surface area (TPSA) is 41.6 Å². The molecular weight excluding hydrogens is 264 g/mol. The first-order chi connectivity index (χ1) is 9.95. The molecule has 4 heteroatoms. The van der Waals surface area contributed by atoms with Crippen molar-refractivity contribution in [1.29, 1.82) is 0 Å². The van der Waals surface area contributed by atoms with Crippen molar-refractivity contribution in [2.45, 2.75) is 58.9 Å². The van der Waals surface area contributed by atoms with Gasteiger partial charge in [0, 0.05) is 19.3 Å². The lowest BCUT2D eigenvalue weighted by atomic mass is 9.77. The number of carbonyl (C=O) groups excluding carboxylic acids is 1. The Hall–Kier alpha value is -0.610. The Labute approximate surface area is 129 Å². The van der Waals surface area contributed by atoms with Gasteiger partial charge >= 0.3 is 0 Å². The molecule has 0 radical (unpaired) electrons. The van der Waals surface area contributed by atoms with E-state index in [1.54, 1.807) is 0 Å². The Morgan fingerprint density at radius 3 is 2.52 bits per heavy atom. The smallest absolute Gasteiger partial charge is 0.234 e. The minimum Gasteiger partial charge on any atom is -0.381 e. The molecule has 1 atom stereocenters. The van der Waals surface area contributed by atoms with Crippen LogP contribution in [0.5, 0.6) is 0 Å². The first kappa shape index (κ1) is 16.8. The summed E-state index contributed by atoms with van der Waals surface area (Å²) in [5.41, 5.74) is 0.389. The van der Waals surface area contributed by atoms with Crippen molar-refractivity contribution in [3.8, 4) is 0 Å². The van der Waals surface area contributed by atoms with E-state index in [1.807, 2.05) is 0 Å². The van der Waals surface area contributed by atoms with E-state index in [-0.39, 0.29) is 5.91 Å². The summed E-state index contributed by atoms with van der Waals surface area (Å²) in [7, 11) is 0. The summed E-state index contributed by atoms with van der Waals surface area (Å²) in [6, 6.07) is 0.320. The summed E-state index contributed by atoms with van der Waals surface area (Å²) in [5.74, 6) is 0.970. The first-order valence-corrected chi connectivity index (χ1v) is 8.54. The second kappa shape index (κ2) is 7.59. The molecule has 0 bridgehead atoms.